The zero-order valence-electron chi connectivity index (χ0n) is 10.9. The van der Waals surface area contributed by atoms with E-state index >= 15 is 0 Å². The van der Waals surface area contributed by atoms with Gasteiger partial charge in [-0.05, 0) is 20.3 Å². The summed E-state index contributed by atoms with van der Waals surface area (Å²) in [7, 11) is 1.75. The summed E-state index contributed by atoms with van der Waals surface area (Å²) in [5, 5.41) is 6.77. The molecule has 0 aliphatic heterocycles. The number of hydrogen-bond donors (Lipinski definition) is 2. The molecular weight excluding hydrogens is 218 g/mol. The summed E-state index contributed by atoms with van der Waals surface area (Å²) in [5.74, 6) is 1.40. The molecule has 0 bridgehead atoms. The first-order valence-electron chi connectivity index (χ1n) is 5.76. The lowest BCUT2D eigenvalue weighted by molar-refractivity contribution is -0.140. The fraction of sp³-hybridized carbons (Fsp3) is 0.727. The summed E-state index contributed by atoms with van der Waals surface area (Å²) in [5.41, 5.74) is 5.17. The van der Waals surface area contributed by atoms with Gasteiger partial charge in [0.15, 0.2) is 5.82 Å². The van der Waals surface area contributed by atoms with Crippen LogP contribution in [0.2, 0.25) is 0 Å². The minimum absolute atomic E-state index is 0.0324. The summed E-state index contributed by atoms with van der Waals surface area (Å²) >= 11 is 0. The summed E-state index contributed by atoms with van der Waals surface area (Å²) in [6.45, 7) is 6.43. The highest BCUT2D eigenvalue weighted by Crippen LogP contribution is 2.22. The molecule has 0 saturated heterocycles. The number of rotatable bonds is 5. The topological polar surface area (TPSA) is 87.9 Å². The summed E-state index contributed by atoms with van der Waals surface area (Å²) in [6.07, 6.45) is 0.722. The van der Waals surface area contributed by atoms with Crippen molar-refractivity contribution < 1.29 is 4.79 Å². The van der Waals surface area contributed by atoms with Gasteiger partial charge in [0, 0.05) is 13.6 Å². The molecule has 6 nitrogen and oxygen atoms in total. The monoisotopic (exact) mass is 239 g/mol. The molecule has 0 aromatic carbocycles. The first-order chi connectivity index (χ1) is 7.92. The Morgan fingerprint density at radius 3 is 2.65 bits per heavy atom. The maximum atomic E-state index is 12.2. The van der Waals surface area contributed by atoms with Gasteiger partial charge >= 0.3 is 0 Å². The molecule has 1 rings (SSSR count). The number of nitrogens with one attached hydrogen (secondary N) is 1. The van der Waals surface area contributed by atoms with E-state index < -0.39 is 5.41 Å². The number of hydrogen-bond acceptors (Lipinski definition) is 4. The zero-order chi connectivity index (χ0) is 13.1. The van der Waals surface area contributed by atoms with E-state index in [-0.39, 0.29) is 5.91 Å². The SMILES string of the molecule is CCC(C)(CN)C(=O)N(C)Cc1n[nH]c(C)n1. The number of aromatic nitrogens is 3. The van der Waals surface area contributed by atoms with E-state index in [0.717, 1.165) is 12.2 Å². The molecule has 3 N–H and O–H groups in total. The second-order valence-electron chi connectivity index (χ2n) is 4.62. The van der Waals surface area contributed by atoms with Gasteiger partial charge in [0.25, 0.3) is 0 Å². The van der Waals surface area contributed by atoms with Crippen molar-refractivity contribution in [2.45, 2.75) is 33.7 Å². The summed E-state index contributed by atoms with van der Waals surface area (Å²) in [6, 6.07) is 0. The highest BCUT2D eigenvalue weighted by molar-refractivity contribution is 5.82. The van der Waals surface area contributed by atoms with Gasteiger partial charge in [-0.1, -0.05) is 6.92 Å². The number of carbonyl (C=O) groups is 1. The van der Waals surface area contributed by atoms with Crippen LogP contribution in [0.3, 0.4) is 0 Å². The fourth-order valence-corrected chi connectivity index (χ4v) is 1.59. The predicted octanol–water partition coefficient (Wildman–Crippen LogP) is 0.447. The highest BCUT2D eigenvalue weighted by Gasteiger charge is 2.32. The maximum absolute atomic E-state index is 12.2. The standard InChI is InChI=1S/C11H21N5O/c1-5-11(3,7-12)10(17)16(4)6-9-13-8(2)14-15-9/h5-7,12H2,1-4H3,(H,13,14,15). The van der Waals surface area contributed by atoms with Crippen molar-refractivity contribution in [1.82, 2.24) is 20.1 Å². The Labute approximate surface area is 102 Å². The Balaban J connectivity index is 2.70. The van der Waals surface area contributed by atoms with Crippen LogP contribution < -0.4 is 5.73 Å². The van der Waals surface area contributed by atoms with Crippen LogP contribution in [0.1, 0.15) is 31.9 Å². The minimum Gasteiger partial charge on any atom is -0.338 e. The van der Waals surface area contributed by atoms with E-state index in [4.69, 9.17) is 5.73 Å². The molecule has 1 unspecified atom stereocenters. The lowest BCUT2D eigenvalue weighted by Crippen LogP contribution is -2.44. The largest absolute Gasteiger partial charge is 0.338 e. The molecular formula is C11H21N5O. The van der Waals surface area contributed by atoms with Gasteiger partial charge in [-0.3, -0.25) is 9.89 Å². The van der Waals surface area contributed by atoms with Crippen molar-refractivity contribution in [1.29, 1.82) is 0 Å². The van der Waals surface area contributed by atoms with Crippen molar-refractivity contribution in [2.24, 2.45) is 11.1 Å². The van der Waals surface area contributed by atoms with Crippen LogP contribution >= 0.6 is 0 Å². The van der Waals surface area contributed by atoms with Crippen LogP contribution in [0.25, 0.3) is 0 Å². The van der Waals surface area contributed by atoms with Crippen molar-refractivity contribution in [2.75, 3.05) is 13.6 Å². The molecule has 0 aliphatic carbocycles. The fourth-order valence-electron chi connectivity index (χ4n) is 1.59. The average molecular weight is 239 g/mol. The van der Waals surface area contributed by atoms with E-state index in [1.165, 1.54) is 0 Å². The van der Waals surface area contributed by atoms with Crippen LogP contribution in [-0.2, 0) is 11.3 Å². The van der Waals surface area contributed by atoms with Crippen LogP contribution in [0.4, 0.5) is 0 Å². The third-order valence-electron chi connectivity index (χ3n) is 3.12. The van der Waals surface area contributed by atoms with E-state index in [1.807, 2.05) is 20.8 Å². The first-order valence-corrected chi connectivity index (χ1v) is 5.76. The predicted molar refractivity (Wildman–Crippen MR) is 65.0 cm³/mol. The van der Waals surface area contributed by atoms with Crippen molar-refractivity contribution in [3.05, 3.63) is 11.6 Å². The Hall–Kier alpha value is -1.43. The van der Waals surface area contributed by atoms with Gasteiger partial charge < -0.3 is 10.6 Å². The number of carbonyl (C=O) groups excluding carboxylic acids is 1. The van der Waals surface area contributed by atoms with E-state index in [2.05, 4.69) is 15.2 Å². The molecule has 17 heavy (non-hydrogen) atoms. The number of amides is 1. The van der Waals surface area contributed by atoms with E-state index in [0.29, 0.717) is 18.9 Å². The Bertz CT molecular complexity index is 383. The van der Waals surface area contributed by atoms with Crippen molar-refractivity contribution in [3.63, 3.8) is 0 Å². The molecule has 0 radical (unpaired) electrons. The summed E-state index contributed by atoms with van der Waals surface area (Å²) < 4.78 is 0. The van der Waals surface area contributed by atoms with Gasteiger partial charge in [-0.25, -0.2) is 4.98 Å². The number of aromatic amines is 1. The quantitative estimate of drug-likeness (QED) is 0.780. The molecule has 6 heteroatoms. The van der Waals surface area contributed by atoms with Gasteiger partial charge in [0.1, 0.15) is 5.82 Å². The second-order valence-corrected chi connectivity index (χ2v) is 4.62. The normalized spacial score (nSPS) is 14.4. The molecule has 0 saturated carbocycles. The van der Waals surface area contributed by atoms with Crippen LogP contribution in [0, 0.1) is 12.3 Å². The average Bonchev–Trinajstić information content (AvgIpc) is 2.72. The lowest BCUT2D eigenvalue weighted by atomic mass is 9.86. The Morgan fingerprint density at radius 2 is 2.24 bits per heavy atom. The van der Waals surface area contributed by atoms with Gasteiger partial charge in [-0.2, -0.15) is 5.10 Å². The van der Waals surface area contributed by atoms with E-state index in [1.54, 1.807) is 11.9 Å². The van der Waals surface area contributed by atoms with Gasteiger partial charge in [0.2, 0.25) is 5.91 Å². The molecule has 1 aromatic rings. The molecule has 0 fully saturated rings. The van der Waals surface area contributed by atoms with Crippen molar-refractivity contribution in [3.8, 4) is 0 Å². The smallest absolute Gasteiger partial charge is 0.229 e. The molecule has 0 spiro atoms. The molecule has 1 amide bonds. The molecule has 1 atom stereocenters. The number of H-pyrrole nitrogens is 1. The second kappa shape index (κ2) is 5.27. The summed E-state index contributed by atoms with van der Waals surface area (Å²) in [4.78, 5) is 18.0. The van der Waals surface area contributed by atoms with Crippen LogP contribution in [0.15, 0.2) is 0 Å². The Morgan fingerprint density at radius 1 is 1.59 bits per heavy atom. The molecule has 1 heterocycles. The zero-order valence-corrected chi connectivity index (χ0v) is 10.9. The molecule has 96 valence electrons. The molecule has 1 aromatic heterocycles. The molecule has 0 aliphatic rings. The van der Waals surface area contributed by atoms with E-state index in [9.17, 15) is 4.79 Å². The third kappa shape index (κ3) is 3.03. The van der Waals surface area contributed by atoms with Gasteiger partial charge in [0.05, 0.1) is 12.0 Å². The minimum atomic E-state index is -0.500. The van der Waals surface area contributed by atoms with Crippen LogP contribution in [-0.4, -0.2) is 39.6 Å². The third-order valence-corrected chi connectivity index (χ3v) is 3.12. The van der Waals surface area contributed by atoms with Crippen molar-refractivity contribution >= 4 is 5.91 Å². The lowest BCUT2D eigenvalue weighted by Gasteiger charge is -2.30. The first kappa shape index (κ1) is 13.6. The number of aryl methyl sites for hydroxylation is 1. The maximum Gasteiger partial charge on any atom is 0.229 e. The van der Waals surface area contributed by atoms with Gasteiger partial charge in [-0.15, -0.1) is 0 Å². The van der Waals surface area contributed by atoms with Crippen LogP contribution in [0.5, 0.6) is 0 Å². The number of nitrogens with zero attached hydrogens (tertiary/aromatic N) is 3. The highest BCUT2D eigenvalue weighted by atomic mass is 16.2. The number of nitrogens with two attached hydrogens (primary N) is 1. The Kier molecular flexibility index (Phi) is 4.22.